The molecule has 0 unspecified atom stereocenters. The van der Waals surface area contributed by atoms with Crippen LogP contribution in [0.15, 0.2) is 29.2 Å². The van der Waals surface area contributed by atoms with Crippen molar-refractivity contribution in [1.82, 2.24) is 5.32 Å². The Morgan fingerprint density at radius 1 is 1.18 bits per heavy atom. The first-order valence-electron chi connectivity index (χ1n) is 7.97. The molecule has 122 valence electrons. The Labute approximate surface area is 133 Å². The number of carbonyl (C=O) groups is 1. The monoisotopic (exact) mass is 323 g/mol. The van der Waals surface area contributed by atoms with Crippen molar-refractivity contribution in [1.29, 1.82) is 0 Å². The molecular formula is C17H25NO3S. The zero-order valence-corrected chi connectivity index (χ0v) is 14.2. The Hall–Kier alpha value is -1.36. The molecule has 0 aliphatic heterocycles. The molecule has 0 heterocycles. The summed E-state index contributed by atoms with van der Waals surface area (Å²) in [6.07, 6.45) is 4.51. The number of hydrogen-bond donors (Lipinski definition) is 1. The molecular weight excluding hydrogens is 298 g/mol. The molecule has 1 saturated carbocycles. The predicted molar refractivity (Wildman–Crippen MR) is 87.4 cm³/mol. The number of amides is 1. The minimum absolute atomic E-state index is 0.0272. The van der Waals surface area contributed by atoms with E-state index in [9.17, 15) is 13.2 Å². The molecule has 1 aliphatic carbocycles. The van der Waals surface area contributed by atoms with E-state index < -0.39 is 9.84 Å². The van der Waals surface area contributed by atoms with E-state index >= 15 is 0 Å². The number of aryl methyl sites for hydroxylation is 1. The van der Waals surface area contributed by atoms with Crippen LogP contribution < -0.4 is 5.32 Å². The fourth-order valence-corrected chi connectivity index (χ4v) is 4.14. The molecule has 22 heavy (non-hydrogen) atoms. The summed E-state index contributed by atoms with van der Waals surface area (Å²) in [7, 11) is -3.39. The maximum Gasteiger partial charge on any atom is 0.221 e. The lowest BCUT2D eigenvalue weighted by molar-refractivity contribution is -0.122. The summed E-state index contributed by atoms with van der Waals surface area (Å²) in [6.45, 7) is 4.06. The van der Waals surface area contributed by atoms with Crippen molar-refractivity contribution in [3.8, 4) is 0 Å². The van der Waals surface area contributed by atoms with Crippen molar-refractivity contribution < 1.29 is 13.2 Å². The molecule has 5 heteroatoms. The molecule has 1 aliphatic rings. The van der Waals surface area contributed by atoms with Gasteiger partial charge in [0.25, 0.3) is 0 Å². The van der Waals surface area contributed by atoms with E-state index in [2.05, 4.69) is 12.2 Å². The van der Waals surface area contributed by atoms with E-state index in [4.69, 9.17) is 0 Å². The molecule has 4 nitrogen and oxygen atoms in total. The average Bonchev–Trinajstić information content (AvgIpc) is 2.48. The molecule has 0 aromatic heterocycles. The summed E-state index contributed by atoms with van der Waals surface area (Å²) in [5.74, 6) is 0.184. The molecule has 1 aromatic rings. The molecule has 0 saturated heterocycles. The van der Waals surface area contributed by atoms with Gasteiger partial charge in [-0.15, -0.1) is 0 Å². The molecule has 0 spiro atoms. The number of rotatable bonds is 5. The number of hydrogen-bond acceptors (Lipinski definition) is 3. The Morgan fingerprint density at radius 2 is 1.82 bits per heavy atom. The number of sulfone groups is 1. The van der Waals surface area contributed by atoms with Crippen LogP contribution in [0.25, 0.3) is 0 Å². The van der Waals surface area contributed by atoms with Crippen LogP contribution in [0.1, 0.15) is 44.6 Å². The van der Waals surface area contributed by atoms with Crippen molar-refractivity contribution in [2.75, 3.05) is 5.75 Å². The fraction of sp³-hybridized carbons (Fsp3) is 0.588. The highest BCUT2D eigenvalue weighted by atomic mass is 32.2. The summed E-state index contributed by atoms with van der Waals surface area (Å²) in [5.41, 5.74) is 1.02. The third-order valence-corrected chi connectivity index (χ3v) is 6.17. The quantitative estimate of drug-likeness (QED) is 0.906. The van der Waals surface area contributed by atoms with Gasteiger partial charge >= 0.3 is 0 Å². The maximum absolute atomic E-state index is 12.2. The first kappa shape index (κ1) is 17.0. The first-order valence-corrected chi connectivity index (χ1v) is 9.62. The SMILES string of the molecule is Cc1ccc(S(=O)(=O)CCC(=O)N[C@H]2CCCC[C@H]2C)cc1. The molecule has 2 rings (SSSR count). The Morgan fingerprint density at radius 3 is 2.45 bits per heavy atom. The van der Waals surface area contributed by atoms with Crippen LogP contribution in [0.2, 0.25) is 0 Å². The lowest BCUT2D eigenvalue weighted by Crippen LogP contribution is -2.41. The van der Waals surface area contributed by atoms with Crippen molar-refractivity contribution in [3.63, 3.8) is 0 Å². The van der Waals surface area contributed by atoms with Gasteiger partial charge in [0.2, 0.25) is 5.91 Å². The van der Waals surface area contributed by atoms with Gasteiger partial charge in [-0.3, -0.25) is 4.79 Å². The normalized spacial score (nSPS) is 22.3. The second-order valence-corrected chi connectivity index (χ2v) is 8.43. The largest absolute Gasteiger partial charge is 0.353 e. The van der Waals surface area contributed by atoms with E-state index in [0.717, 1.165) is 24.8 Å². The minimum atomic E-state index is -3.39. The molecule has 1 aromatic carbocycles. The fourth-order valence-electron chi connectivity index (χ4n) is 2.90. The maximum atomic E-state index is 12.2. The minimum Gasteiger partial charge on any atom is -0.353 e. The Balaban J connectivity index is 1.88. The third-order valence-electron chi connectivity index (χ3n) is 4.44. The summed E-state index contributed by atoms with van der Waals surface area (Å²) < 4.78 is 24.4. The number of nitrogens with one attached hydrogen (secondary N) is 1. The van der Waals surface area contributed by atoms with Crippen molar-refractivity contribution >= 4 is 15.7 Å². The van der Waals surface area contributed by atoms with Gasteiger partial charge in [0.1, 0.15) is 0 Å². The number of benzene rings is 1. The van der Waals surface area contributed by atoms with Gasteiger partial charge in [-0.25, -0.2) is 8.42 Å². The van der Waals surface area contributed by atoms with Gasteiger partial charge in [-0.05, 0) is 37.8 Å². The van der Waals surface area contributed by atoms with E-state index in [1.807, 2.05) is 6.92 Å². The van der Waals surface area contributed by atoms with Crippen molar-refractivity contribution in [2.45, 2.75) is 56.9 Å². The van der Waals surface area contributed by atoms with E-state index in [1.165, 1.54) is 6.42 Å². The lowest BCUT2D eigenvalue weighted by Gasteiger charge is -2.29. The van der Waals surface area contributed by atoms with Crippen LogP contribution in [0.5, 0.6) is 0 Å². The van der Waals surface area contributed by atoms with Gasteiger partial charge < -0.3 is 5.32 Å². The molecule has 2 atom stereocenters. The van der Waals surface area contributed by atoms with Gasteiger partial charge in [0.15, 0.2) is 9.84 Å². The summed E-state index contributed by atoms with van der Waals surface area (Å²) in [4.78, 5) is 12.3. The van der Waals surface area contributed by atoms with E-state index in [-0.39, 0.29) is 29.0 Å². The summed E-state index contributed by atoms with van der Waals surface area (Å²) in [6, 6.07) is 6.95. The second-order valence-electron chi connectivity index (χ2n) is 6.32. The summed E-state index contributed by atoms with van der Waals surface area (Å²) in [5, 5.41) is 3.00. The van der Waals surface area contributed by atoms with Crippen molar-refractivity contribution in [3.05, 3.63) is 29.8 Å². The van der Waals surface area contributed by atoms with Crippen LogP contribution in [0, 0.1) is 12.8 Å². The summed E-state index contributed by atoms with van der Waals surface area (Å²) >= 11 is 0. The van der Waals surface area contributed by atoms with Gasteiger partial charge in [0.05, 0.1) is 10.6 Å². The highest BCUT2D eigenvalue weighted by molar-refractivity contribution is 7.91. The topological polar surface area (TPSA) is 63.2 Å². The smallest absolute Gasteiger partial charge is 0.221 e. The van der Waals surface area contributed by atoms with E-state index in [1.54, 1.807) is 24.3 Å². The highest BCUT2D eigenvalue weighted by Gasteiger charge is 2.23. The number of carbonyl (C=O) groups excluding carboxylic acids is 1. The zero-order chi connectivity index (χ0) is 16.2. The standard InChI is InChI=1S/C17H25NO3S/c1-13-7-9-15(10-8-13)22(20,21)12-11-17(19)18-16-6-4-3-5-14(16)2/h7-10,14,16H,3-6,11-12H2,1-2H3,(H,18,19)/t14-,16+/m1/s1. The predicted octanol–water partition coefficient (Wildman–Crippen LogP) is 2.85. The molecule has 0 radical (unpaired) electrons. The van der Waals surface area contributed by atoms with Crippen LogP contribution in [0.3, 0.4) is 0 Å². The van der Waals surface area contributed by atoms with E-state index in [0.29, 0.717) is 5.92 Å². The van der Waals surface area contributed by atoms with Crippen LogP contribution in [0.4, 0.5) is 0 Å². The second kappa shape index (κ2) is 7.27. The highest BCUT2D eigenvalue weighted by Crippen LogP contribution is 2.23. The van der Waals surface area contributed by atoms with Gasteiger partial charge in [-0.1, -0.05) is 37.5 Å². The van der Waals surface area contributed by atoms with Crippen molar-refractivity contribution in [2.24, 2.45) is 5.92 Å². The average molecular weight is 323 g/mol. The van der Waals surface area contributed by atoms with Crippen LogP contribution >= 0.6 is 0 Å². The first-order chi connectivity index (χ1) is 10.4. The Bertz CT molecular complexity index is 607. The van der Waals surface area contributed by atoms with Gasteiger partial charge in [0, 0.05) is 12.5 Å². The lowest BCUT2D eigenvalue weighted by atomic mass is 9.86. The molecule has 1 fully saturated rings. The Kier molecular flexibility index (Phi) is 5.62. The molecule has 0 bridgehead atoms. The zero-order valence-electron chi connectivity index (χ0n) is 13.3. The third kappa shape index (κ3) is 4.57. The van der Waals surface area contributed by atoms with Crippen LogP contribution in [-0.2, 0) is 14.6 Å². The van der Waals surface area contributed by atoms with Gasteiger partial charge in [-0.2, -0.15) is 0 Å². The molecule has 1 N–H and O–H groups in total. The van der Waals surface area contributed by atoms with Crippen LogP contribution in [-0.4, -0.2) is 26.1 Å². The molecule has 1 amide bonds.